The van der Waals surface area contributed by atoms with Crippen LogP contribution in [0.3, 0.4) is 0 Å². The Labute approximate surface area is 412 Å². The Morgan fingerprint density at radius 3 is 1.60 bits per heavy atom. The predicted octanol–water partition coefficient (Wildman–Crippen LogP) is 19.0. The van der Waals surface area contributed by atoms with E-state index in [0.29, 0.717) is 0 Å². The van der Waals surface area contributed by atoms with Gasteiger partial charge in [-0.1, -0.05) is 176 Å². The molecule has 0 saturated heterocycles. The van der Waals surface area contributed by atoms with Crippen molar-refractivity contribution in [2.45, 2.75) is 12.8 Å². The van der Waals surface area contributed by atoms with Gasteiger partial charge in [0.05, 0.1) is 16.7 Å². The van der Waals surface area contributed by atoms with E-state index in [2.05, 4.69) is 275 Å². The summed E-state index contributed by atoms with van der Waals surface area (Å²) in [6, 6.07) is 88.6. The number of benzene rings is 10. The predicted molar refractivity (Wildman–Crippen MR) is 300 cm³/mol. The average Bonchev–Trinajstić information content (AvgIpc) is 3.99. The largest absolute Gasteiger partial charge is 0.310 e. The molecule has 1 aliphatic rings. The van der Waals surface area contributed by atoms with Gasteiger partial charge in [-0.2, -0.15) is 0 Å². The Morgan fingerprint density at radius 2 is 0.943 bits per heavy atom. The van der Waals surface area contributed by atoms with Crippen molar-refractivity contribution >= 4 is 81.8 Å². The van der Waals surface area contributed by atoms with Crippen LogP contribution in [-0.4, -0.2) is 4.57 Å². The highest BCUT2D eigenvalue weighted by molar-refractivity contribution is 7.26. The first-order valence-electron chi connectivity index (χ1n) is 24.2. The topological polar surface area (TPSA) is 11.4 Å². The zero-order valence-electron chi connectivity index (χ0n) is 38.5. The highest BCUT2D eigenvalue weighted by Crippen LogP contribution is 2.51. The van der Waals surface area contributed by atoms with Gasteiger partial charge in [0.25, 0.3) is 0 Å². The van der Waals surface area contributed by atoms with Crippen molar-refractivity contribution in [3.8, 4) is 39.1 Å². The summed E-state index contributed by atoms with van der Waals surface area (Å²) in [5.41, 5.74) is 17.3. The van der Waals surface area contributed by atoms with Gasteiger partial charge >= 0.3 is 0 Å². The van der Waals surface area contributed by atoms with Crippen molar-refractivity contribution in [2.75, 3.05) is 9.80 Å². The smallest absolute Gasteiger partial charge is 0.0634 e. The summed E-state index contributed by atoms with van der Waals surface area (Å²) in [5.74, 6) is 0. The maximum atomic E-state index is 2.50. The van der Waals surface area contributed by atoms with Crippen molar-refractivity contribution in [1.82, 2.24) is 4.57 Å². The lowest BCUT2D eigenvalue weighted by Gasteiger charge is -2.32. The van der Waals surface area contributed by atoms with E-state index in [1.807, 2.05) is 11.3 Å². The number of rotatable bonds is 10. The number of aromatic nitrogens is 1. The molecule has 0 amide bonds. The summed E-state index contributed by atoms with van der Waals surface area (Å²) in [5, 5.41) is 5.02. The van der Waals surface area contributed by atoms with Crippen molar-refractivity contribution in [3.63, 3.8) is 0 Å². The molecule has 4 heteroatoms. The zero-order valence-corrected chi connectivity index (χ0v) is 39.3. The quantitative estimate of drug-likeness (QED) is 0.135. The Bertz CT molecular complexity index is 3910. The molecule has 10 aromatic carbocycles. The minimum atomic E-state index is 0.967. The monoisotopic (exact) mass is 913 g/mol. The number of hydrogen-bond donors (Lipinski definition) is 0. The summed E-state index contributed by atoms with van der Waals surface area (Å²) in [7, 11) is 0. The van der Waals surface area contributed by atoms with Gasteiger partial charge < -0.3 is 14.4 Å². The van der Waals surface area contributed by atoms with Gasteiger partial charge in [0, 0.05) is 76.2 Å². The van der Waals surface area contributed by atoms with E-state index in [1.165, 1.54) is 69.8 Å². The molecule has 332 valence electrons. The molecule has 0 saturated carbocycles. The van der Waals surface area contributed by atoms with Crippen molar-refractivity contribution in [1.29, 1.82) is 0 Å². The van der Waals surface area contributed by atoms with E-state index in [4.69, 9.17) is 0 Å². The van der Waals surface area contributed by atoms with E-state index in [0.717, 1.165) is 58.2 Å². The molecule has 0 fully saturated rings. The van der Waals surface area contributed by atoms with Crippen LogP contribution in [0.1, 0.15) is 12.8 Å². The number of para-hydroxylation sites is 3. The number of hydrogen-bond acceptors (Lipinski definition) is 3. The number of anilines is 5. The van der Waals surface area contributed by atoms with Crippen LogP contribution in [0.5, 0.6) is 0 Å². The molecule has 12 aromatic rings. The lowest BCUT2D eigenvalue weighted by molar-refractivity contribution is 0.997. The molecule has 3 nitrogen and oxygen atoms in total. The first-order valence-corrected chi connectivity index (χ1v) is 25.0. The van der Waals surface area contributed by atoms with Gasteiger partial charge in [0.15, 0.2) is 0 Å². The molecule has 0 atom stereocenters. The van der Waals surface area contributed by atoms with Crippen LogP contribution in [0.15, 0.2) is 267 Å². The third kappa shape index (κ3) is 7.29. The molecular formula is C66H47N3S. The van der Waals surface area contributed by atoms with Gasteiger partial charge in [0.1, 0.15) is 0 Å². The Balaban J connectivity index is 1.10. The number of nitrogens with zero attached hydrogens (tertiary/aromatic N) is 3. The molecule has 0 bridgehead atoms. The molecule has 0 radical (unpaired) electrons. The van der Waals surface area contributed by atoms with Crippen LogP contribution < -0.4 is 9.80 Å². The fraction of sp³-hybridized carbons (Fsp3) is 0.0303. The van der Waals surface area contributed by atoms with Crippen LogP contribution >= 0.6 is 11.3 Å². The molecule has 13 rings (SSSR count). The number of allylic oxidation sites excluding steroid dienone is 3. The third-order valence-corrected chi connectivity index (χ3v) is 15.0. The molecule has 70 heavy (non-hydrogen) atoms. The standard InChI is InChI=1S/C66H47N3S/c1-6-20-46(21-7-1)48-34-38-53(39-35-48)67(50-24-10-3-11-25-50)55-42-43-57(62(44-55)68(51-26-12-4-13-27-51)54-40-36-49(37-41-54)47-22-8-2-9-23-47)60-45-59-56-30-16-18-32-61(56)69(52-28-14-5-15-29-52)65(59)64-58-31-17-19-33-63(58)70-66(60)64/h1-3,5-12,14-45H,4,13H2. The van der Waals surface area contributed by atoms with E-state index in [1.54, 1.807) is 0 Å². The summed E-state index contributed by atoms with van der Waals surface area (Å²) in [6.45, 7) is 0. The van der Waals surface area contributed by atoms with Crippen LogP contribution in [0.4, 0.5) is 28.4 Å². The number of fused-ring (bicyclic) bond motifs is 7. The van der Waals surface area contributed by atoms with E-state index >= 15 is 0 Å². The van der Waals surface area contributed by atoms with Crippen LogP contribution in [0.2, 0.25) is 0 Å². The van der Waals surface area contributed by atoms with E-state index in [9.17, 15) is 0 Å². The number of thiophene rings is 1. The van der Waals surface area contributed by atoms with Gasteiger partial charge in [-0.25, -0.2) is 0 Å². The molecule has 0 unspecified atom stereocenters. The molecule has 2 heterocycles. The second-order valence-electron chi connectivity index (χ2n) is 18.0. The van der Waals surface area contributed by atoms with Gasteiger partial charge in [-0.15, -0.1) is 11.3 Å². The zero-order chi connectivity index (χ0) is 46.4. The fourth-order valence-corrected chi connectivity index (χ4v) is 11.8. The lowest BCUT2D eigenvalue weighted by Crippen LogP contribution is -2.18. The van der Waals surface area contributed by atoms with E-state index in [-0.39, 0.29) is 0 Å². The normalized spacial score (nSPS) is 12.5. The summed E-state index contributed by atoms with van der Waals surface area (Å²) in [6.07, 6.45) is 9.03. The molecule has 0 aliphatic heterocycles. The minimum absolute atomic E-state index is 0.967. The van der Waals surface area contributed by atoms with Crippen molar-refractivity contribution in [2.24, 2.45) is 0 Å². The fourth-order valence-electron chi connectivity index (χ4n) is 10.5. The minimum Gasteiger partial charge on any atom is -0.310 e. The lowest BCUT2D eigenvalue weighted by atomic mass is 9.95. The van der Waals surface area contributed by atoms with Gasteiger partial charge in [-0.05, 0) is 120 Å². The molecule has 0 spiro atoms. The van der Waals surface area contributed by atoms with E-state index < -0.39 is 0 Å². The Morgan fingerprint density at radius 1 is 0.400 bits per heavy atom. The first-order chi connectivity index (χ1) is 34.7. The second-order valence-corrected chi connectivity index (χ2v) is 19.0. The molecule has 0 N–H and O–H groups in total. The van der Waals surface area contributed by atoms with Crippen LogP contribution in [0, 0.1) is 0 Å². The molecular weight excluding hydrogens is 867 g/mol. The molecule has 2 aromatic heterocycles. The van der Waals surface area contributed by atoms with Crippen LogP contribution in [0.25, 0.3) is 81.0 Å². The Hall–Kier alpha value is -8.70. The van der Waals surface area contributed by atoms with Gasteiger partial charge in [-0.3, -0.25) is 0 Å². The maximum Gasteiger partial charge on any atom is 0.0634 e. The maximum absolute atomic E-state index is 2.50. The van der Waals surface area contributed by atoms with Crippen LogP contribution in [-0.2, 0) is 0 Å². The SMILES string of the molecule is C1=CC(N(c2ccc(-c3ccccc3)cc2)c2cc(N(c3ccccc3)c3ccc(-c4ccccc4)cc3)ccc2-c2cc3c4ccccc4n(-c4ccccc4)c3c3c2sc2ccccc23)=CCC1. The molecule has 1 aliphatic carbocycles. The highest BCUT2D eigenvalue weighted by atomic mass is 32.1. The Kier molecular flexibility index (Phi) is 10.5. The van der Waals surface area contributed by atoms with Crippen molar-refractivity contribution in [3.05, 3.63) is 267 Å². The summed E-state index contributed by atoms with van der Waals surface area (Å²) < 4.78 is 5.03. The third-order valence-electron chi connectivity index (χ3n) is 13.8. The van der Waals surface area contributed by atoms with Crippen molar-refractivity contribution < 1.29 is 0 Å². The average molecular weight is 914 g/mol. The first kappa shape index (κ1) is 41.5. The summed E-state index contributed by atoms with van der Waals surface area (Å²) in [4.78, 5) is 4.90. The second kappa shape index (κ2) is 17.7. The highest BCUT2D eigenvalue weighted by Gasteiger charge is 2.27. The summed E-state index contributed by atoms with van der Waals surface area (Å²) >= 11 is 1.90. The van der Waals surface area contributed by atoms with Gasteiger partial charge in [0.2, 0.25) is 0 Å².